The first kappa shape index (κ1) is 8.12. The van der Waals surface area contributed by atoms with Gasteiger partial charge in [-0.15, -0.1) is 0 Å². The van der Waals surface area contributed by atoms with Crippen molar-refractivity contribution in [2.75, 3.05) is 6.54 Å². The molecule has 0 aliphatic rings. The number of aryl methyl sites for hydroxylation is 1. The van der Waals surface area contributed by atoms with E-state index in [1.54, 1.807) is 4.52 Å². The van der Waals surface area contributed by atoms with Gasteiger partial charge in [0.1, 0.15) is 6.33 Å². The highest BCUT2D eigenvalue weighted by atomic mass is 15.3. The molecule has 5 nitrogen and oxygen atoms in total. The molecule has 0 aliphatic heterocycles. The zero-order chi connectivity index (χ0) is 9.26. The molecule has 0 spiro atoms. The monoisotopic (exact) mass is 177 g/mol. The maximum absolute atomic E-state index is 5.44. The standard InChI is InChI=1S/C8H11N5/c1-6-8-10-5-11-13(8)4-7(12-6)2-3-9/h4-5H,2-3,9H2,1H3. The van der Waals surface area contributed by atoms with E-state index in [-0.39, 0.29) is 0 Å². The number of nitrogens with two attached hydrogens (primary N) is 1. The smallest absolute Gasteiger partial charge is 0.176 e. The quantitative estimate of drug-likeness (QED) is 0.697. The number of fused-ring (bicyclic) bond motifs is 1. The van der Waals surface area contributed by atoms with Gasteiger partial charge in [-0.2, -0.15) is 5.10 Å². The van der Waals surface area contributed by atoms with E-state index >= 15 is 0 Å². The van der Waals surface area contributed by atoms with E-state index in [1.807, 2.05) is 13.1 Å². The zero-order valence-corrected chi connectivity index (χ0v) is 7.44. The van der Waals surface area contributed by atoms with Crippen LogP contribution in [-0.2, 0) is 6.42 Å². The predicted octanol–water partition coefficient (Wildman–Crippen LogP) is -0.0661. The number of hydrogen-bond acceptors (Lipinski definition) is 4. The molecule has 2 heterocycles. The van der Waals surface area contributed by atoms with Crippen LogP contribution in [-0.4, -0.2) is 26.1 Å². The molecule has 0 bridgehead atoms. The van der Waals surface area contributed by atoms with Crippen LogP contribution >= 0.6 is 0 Å². The van der Waals surface area contributed by atoms with Crippen molar-refractivity contribution in [2.45, 2.75) is 13.3 Å². The highest BCUT2D eigenvalue weighted by Gasteiger charge is 2.02. The molecule has 13 heavy (non-hydrogen) atoms. The molecule has 0 aliphatic carbocycles. The van der Waals surface area contributed by atoms with Crippen molar-refractivity contribution >= 4 is 5.65 Å². The maximum Gasteiger partial charge on any atom is 0.176 e. The molecule has 68 valence electrons. The summed E-state index contributed by atoms with van der Waals surface area (Å²) < 4.78 is 1.73. The lowest BCUT2D eigenvalue weighted by Crippen LogP contribution is -2.07. The molecule has 0 atom stereocenters. The molecule has 0 saturated carbocycles. The van der Waals surface area contributed by atoms with Crippen LogP contribution in [0.2, 0.25) is 0 Å². The predicted molar refractivity (Wildman–Crippen MR) is 48.3 cm³/mol. The average Bonchev–Trinajstić information content (AvgIpc) is 2.53. The highest BCUT2D eigenvalue weighted by Crippen LogP contribution is 2.04. The maximum atomic E-state index is 5.44. The summed E-state index contributed by atoms with van der Waals surface area (Å²) in [7, 11) is 0. The van der Waals surface area contributed by atoms with Crippen molar-refractivity contribution in [1.29, 1.82) is 0 Å². The largest absolute Gasteiger partial charge is 0.330 e. The number of nitrogens with zero attached hydrogens (tertiary/aromatic N) is 4. The second-order valence-electron chi connectivity index (χ2n) is 2.88. The summed E-state index contributed by atoms with van der Waals surface area (Å²) in [5.41, 5.74) is 8.10. The Morgan fingerprint density at radius 2 is 2.38 bits per heavy atom. The van der Waals surface area contributed by atoms with E-state index in [0.29, 0.717) is 6.54 Å². The topological polar surface area (TPSA) is 69.1 Å². The summed E-state index contributed by atoms with van der Waals surface area (Å²) in [5, 5.41) is 4.05. The Morgan fingerprint density at radius 3 is 3.15 bits per heavy atom. The summed E-state index contributed by atoms with van der Waals surface area (Å²) in [4.78, 5) is 8.44. The molecule has 2 aromatic heterocycles. The van der Waals surface area contributed by atoms with E-state index in [2.05, 4.69) is 15.1 Å². The lowest BCUT2D eigenvalue weighted by atomic mass is 10.3. The summed E-state index contributed by atoms with van der Waals surface area (Å²) in [5.74, 6) is 0. The third-order valence-corrected chi connectivity index (χ3v) is 1.88. The van der Waals surface area contributed by atoms with Gasteiger partial charge in [0.15, 0.2) is 5.65 Å². The summed E-state index contributed by atoms with van der Waals surface area (Å²) in [6.07, 6.45) is 4.16. The van der Waals surface area contributed by atoms with E-state index in [4.69, 9.17) is 5.73 Å². The van der Waals surface area contributed by atoms with E-state index in [0.717, 1.165) is 23.5 Å². The first-order valence-electron chi connectivity index (χ1n) is 4.17. The van der Waals surface area contributed by atoms with Crippen molar-refractivity contribution in [3.05, 3.63) is 23.9 Å². The van der Waals surface area contributed by atoms with Crippen LogP contribution in [0.15, 0.2) is 12.5 Å². The van der Waals surface area contributed by atoms with Crippen molar-refractivity contribution < 1.29 is 0 Å². The normalized spacial score (nSPS) is 10.9. The Labute approximate surface area is 75.6 Å². The van der Waals surface area contributed by atoms with Crippen LogP contribution in [0.25, 0.3) is 5.65 Å². The second-order valence-corrected chi connectivity index (χ2v) is 2.88. The van der Waals surface area contributed by atoms with Crippen molar-refractivity contribution in [3.8, 4) is 0 Å². The molecule has 0 saturated heterocycles. The van der Waals surface area contributed by atoms with Gasteiger partial charge in [0.05, 0.1) is 17.6 Å². The second kappa shape index (κ2) is 3.10. The van der Waals surface area contributed by atoms with Crippen LogP contribution in [0.5, 0.6) is 0 Å². The molecule has 5 heteroatoms. The Balaban J connectivity index is 2.56. The number of hydrogen-bond donors (Lipinski definition) is 1. The zero-order valence-electron chi connectivity index (χ0n) is 7.44. The molecule has 0 radical (unpaired) electrons. The molecule has 0 aromatic carbocycles. The molecule has 0 unspecified atom stereocenters. The van der Waals surface area contributed by atoms with Gasteiger partial charge in [0.2, 0.25) is 0 Å². The molecule has 2 rings (SSSR count). The molecular formula is C8H11N5. The fourth-order valence-corrected chi connectivity index (χ4v) is 1.31. The Morgan fingerprint density at radius 1 is 1.54 bits per heavy atom. The van der Waals surface area contributed by atoms with Gasteiger partial charge < -0.3 is 5.73 Å². The van der Waals surface area contributed by atoms with Gasteiger partial charge in [-0.1, -0.05) is 0 Å². The summed E-state index contributed by atoms with van der Waals surface area (Å²) in [6, 6.07) is 0. The highest BCUT2D eigenvalue weighted by molar-refractivity contribution is 5.41. The number of rotatable bonds is 2. The van der Waals surface area contributed by atoms with Crippen molar-refractivity contribution in [1.82, 2.24) is 19.6 Å². The minimum absolute atomic E-state index is 0.604. The minimum atomic E-state index is 0.604. The third kappa shape index (κ3) is 1.38. The molecule has 2 N–H and O–H groups in total. The first-order valence-corrected chi connectivity index (χ1v) is 4.17. The molecular weight excluding hydrogens is 166 g/mol. The van der Waals surface area contributed by atoms with E-state index < -0.39 is 0 Å². The first-order chi connectivity index (χ1) is 6.31. The van der Waals surface area contributed by atoms with Crippen molar-refractivity contribution in [3.63, 3.8) is 0 Å². The average molecular weight is 177 g/mol. The number of aromatic nitrogens is 4. The van der Waals surface area contributed by atoms with E-state index in [9.17, 15) is 0 Å². The fraction of sp³-hybridized carbons (Fsp3) is 0.375. The van der Waals surface area contributed by atoms with Gasteiger partial charge in [-0.3, -0.25) is 4.98 Å². The third-order valence-electron chi connectivity index (χ3n) is 1.88. The van der Waals surface area contributed by atoms with Gasteiger partial charge in [-0.25, -0.2) is 9.50 Å². The summed E-state index contributed by atoms with van der Waals surface area (Å²) in [6.45, 7) is 2.52. The lowest BCUT2D eigenvalue weighted by Gasteiger charge is -2.00. The Hall–Kier alpha value is -1.49. The molecule has 0 amide bonds. The molecule has 0 fully saturated rings. The van der Waals surface area contributed by atoms with Crippen LogP contribution in [0.1, 0.15) is 11.4 Å². The lowest BCUT2D eigenvalue weighted by molar-refractivity contribution is 0.853. The van der Waals surface area contributed by atoms with Crippen LogP contribution in [0, 0.1) is 6.92 Å². The molecule has 2 aromatic rings. The fourth-order valence-electron chi connectivity index (χ4n) is 1.31. The van der Waals surface area contributed by atoms with Crippen LogP contribution < -0.4 is 5.73 Å². The van der Waals surface area contributed by atoms with Gasteiger partial charge in [0, 0.05) is 6.42 Å². The van der Waals surface area contributed by atoms with Crippen molar-refractivity contribution in [2.24, 2.45) is 5.73 Å². The Kier molecular flexibility index (Phi) is 1.94. The van der Waals surface area contributed by atoms with Crippen LogP contribution in [0.4, 0.5) is 0 Å². The van der Waals surface area contributed by atoms with E-state index in [1.165, 1.54) is 6.33 Å². The summed E-state index contributed by atoms with van der Waals surface area (Å²) >= 11 is 0. The van der Waals surface area contributed by atoms with Gasteiger partial charge >= 0.3 is 0 Å². The SMILES string of the molecule is Cc1nc(CCN)cn2ncnc12. The minimum Gasteiger partial charge on any atom is -0.330 e. The van der Waals surface area contributed by atoms with Gasteiger partial charge in [-0.05, 0) is 13.5 Å². The van der Waals surface area contributed by atoms with Crippen LogP contribution in [0.3, 0.4) is 0 Å². The Bertz CT molecular complexity index is 419. The van der Waals surface area contributed by atoms with Gasteiger partial charge in [0.25, 0.3) is 0 Å².